The van der Waals surface area contributed by atoms with Crippen LogP contribution >= 0.6 is 15.9 Å². The minimum atomic E-state index is 0.614. The Labute approximate surface area is 108 Å². The molecule has 0 atom stereocenters. The van der Waals surface area contributed by atoms with E-state index >= 15 is 0 Å². The summed E-state index contributed by atoms with van der Waals surface area (Å²) in [6.07, 6.45) is 0. The molecule has 0 aliphatic rings. The van der Waals surface area contributed by atoms with Gasteiger partial charge in [-0.05, 0) is 52.3 Å². The molecule has 84 valence electrons. The van der Waals surface area contributed by atoms with E-state index in [4.69, 9.17) is 11.0 Å². The molecule has 0 unspecified atom stereocenters. The van der Waals surface area contributed by atoms with Gasteiger partial charge in [0.15, 0.2) is 0 Å². The van der Waals surface area contributed by atoms with Crippen molar-refractivity contribution in [3.05, 3.63) is 52.5 Å². The average Bonchev–Trinajstić information content (AvgIpc) is 2.29. The lowest BCUT2D eigenvalue weighted by molar-refractivity contribution is 1.45. The van der Waals surface area contributed by atoms with E-state index in [0.29, 0.717) is 11.3 Å². The zero-order valence-corrected chi connectivity index (χ0v) is 10.5. The summed E-state index contributed by atoms with van der Waals surface area (Å²) in [6.45, 7) is 0. The largest absolute Gasteiger partial charge is 0.399 e. The third kappa shape index (κ3) is 2.77. The standard InChI is InChI=1S/C13H10BrN3/c14-13-7-12(5-4-9(13)8-15)17-11-3-1-2-10(16)6-11/h1-7,17H,16H2. The summed E-state index contributed by atoms with van der Waals surface area (Å²) < 4.78 is 0.772. The quantitative estimate of drug-likeness (QED) is 0.829. The van der Waals surface area contributed by atoms with Crippen molar-refractivity contribution in [3.63, 3.8) is 0 Å². The van der Waals surface area contributed by atoms with E-state index in [1.54, 1.807) is 6.07 Å². The Morgan fingerprint density at radius 1 is 1.12 bits per heavy atom. The van der Waals surface area contributed by atoms with Crippen molar-refractivity contribution in [3.8, 4) is 6.07 Å². The molecule has 2 aromatic rings. The second kappa shape index (κ2) is 4.89. The third-order valence-electron chi connectivity index (χ3n) is 2.26. The molecule has 2 aromatic carbocycles. The van der Waals surface area contributed by atoms with E-state index in [1.165, 1.54) is 0 Å². The molecule has 0 aliphatic heterocycles. The van der Waals surface area contributed by atoms with Crippen molar-refractivity contribution >= 4 is 33.0 Å². The zero-order chi connectivity index (χ0) is 12.3. The van der Waals surface area contributed by atoms with Crippen molar-refractivity contribution in [2.24, 2.45) is 0 Å². The Bertz CT molecular complexity index is 587. The highest BCUT2D eigenvalue weighted by molar-refractivity contribution is 9.10. The summed E-state index contributed by atoms with van der Waals surface area (Å²) in [5.74, 6) is 0. The highest BCUT2D eigenvalue weighted by Gasteiger charge is 2.01. The molecule has 0 saturated carbocycles. The summed E-state index contributed by atoms with van der Waals surface area (Å²) in [7, 11) is 0. The SMILES string of the molecule is N#Cc1ccc(Nc2cccc(N)c2)cc1Br. The van der Waals surface area contributed by atoms with Gasteiger partial charge in [0.25, 0.3) is 0 Å². The maximum atomic E-state index is 8.82. The Balaban J connectivity index is 2.25. The first kappa shape index (κ1) is 11.5. The van der Waals surface area contributed by atoms with Gasteiger partial charge >= 0.3 is 0 Å². The molecule has 0 radical (unpaired) electrons. The third-order valence-corrected chi connectivity index (χ3v) is 2.92. The number of nitriles is 1. The van der Waals surface area contributed by atoms with Crippen molar-refractivity contribution in [2.75, 3.05) is 11.1 Å². The summed E-state index contributed by atoms with van der Waals surface area (Å²) in [4.78, 5) is 0. The fourth-order valence-corrected chi connectivity index (χ4v) is 1.93. The molecule has 3 N–H and O–H groups in total. The van der Waals surface area contributed by atoms with Crippen molar-refractivity contribution < 1.29 is 0 Å². The predicted octanol–water partition coefficient (Wildman–Crippen LogP) is 3.65. The van der Waals surface area contributed by atoms with Crippen LogP contribution in [0.25, 0.3) is 0 Å². The molecule has 0 heterocycles. The van der Waals surface area contributed by atoms with Gasteiger partial charge in [-0.1, -0.05) is 6.07 Å². The van der Waals surface area contributed by atoms with E-state index in [1.807, 2.05) is 36.4 Å². The first-order chi connectivity index (χ1) is 8.19. The molecule has 3 nitrogen and oxygen atoms in total. The number of nitrogen functional groups attached to an aromatic ring is 1. The summed E-state index contributed by atoms with van der Waals surface area (Å²) in [5.41, 5.74) is 8.84. The lowest BCUT2D eigenvalue weighted by Gasteiger charge is -2.07. The molecule has 0 saturated heterocycles. The fourth-order valence-electron chi connectivity index (χ4n) is 1.47. The first-order valence-electron chi connectivity index (χ1n) is 5.01. The maximum Gasteiger partial charge on any atom is 0.100 e. The van der Waals surface area contributed by atoms with Crippen LogP contribution in [0, 0.1) is 11.3 Å². The van der Waals surface area contributed by atoms with Crippen LogP contribution in [-0.4, -0.2) is 0 Å². The summed E-state index contributed by atoms with van der Waals surface area (Å²) in [5, 5.41) is 12.0. The van der Waals surface area contributed by atoms with E-state index in [2.05, 4.69) is 27.3 Å². The Hall–Kier alpha value is -1.99. The van der Waals surface area contributed by atoms with E-state index < -0.39 is 0 Å². The van der Waals surface area contributed by atoms with Crippen LogP contribution in [0.1, 0.15) is 5.56 Å². The molecule has 17 heavy (non-hydrogen) atoms. The molecule has 0 aliphatic carbocycles. The number of nitrogens with two attached hydrogens (primary N) is 1. The van der Waals surface area contributed by atoms with E-state index in [-0.39, 0.29) is 0 Å². The monoisotopic (exact) mass is 287 g/mol. The van der Waals surface area contributed by atoms with Crippen LogP contribution in [0.5, 0.6) is 0 Å². The molecule has 0 spiro atoms. The van der Waals surface area contributed by atoms with Crippen molar-refractivity contribution in [1.29, 1.82) is 5.26 Å². The fraction of sp³-hybridized carbons (Fsp3) is 0. The van der Waals surface area contributed by atoms with Gasteiger partial charge in [-0.15, -0.1) is 0 Å². The summed E-state index contributed by atoms with van der Waals surface area (Å²) >= 11 is 3.35. The Morgan fingerprint density at radius 3 is 2.53 bits per heavy atom. The van der Waals surface area contributed by atoms with Gasteiger partial charge in [-0.3, -0.25) is 0 Å². The van der Waals surface area contributed by atoms with Gasteiger partial charge in [0.05, 0.1) is 5.56 Å². The Morgan fingerprint density at radius 2 is 1.88 bits per heavy atom. The van der Waals surface area contributed by atoms with Crippen molar-refractivity contribution in [2.45, 2.75) is 0 Å². The lowest BCUT2D eigenvalue weighted by Crippen LogP contribution is -1.92. The number of hydrogen-bond acceptors (Lipinski definition) is 3. The maximum absolute atomic E-state index is 8.82. The Kier molecular flexibility index (Phi) is 3.31. The minimum absolute atomic E-state index is 0.614. The first-order valence-corrected chi connectivity index (χ1v) is 5.80. The van der Waals surface area contributed by atoms with Crippen LogP contribution in [0.4, 0.5) is 17.1 Å². The van der Waals surface area contributed by atoms with E-state index in [0.717, 1.165) is 15.8 Å². The van der Waals surface area contributed by atoms with Crippen LogP contribution in [0.2, 0.25) is 0 Å². The summed E-state index contributed by atoms with van der Waals surface area (Å²) in [6, 6.07) is 15.1. The number of rotatable bonds is 2. The number of hydrogen-bond donors (Lipinski definition) is 2. The number of halogens is 1. The van der Waals surface area contributed by atoms with Crippen LogP contribution < -0.4 is 11.1 Å². The molecular weight excluding hydrogens is 278 g/mol. The second-order valence-electron chi connectivity index (χ2n) is 3.56. The minimum Gasteiger partial charge on any atom is -0.399 e. The highest BCUT2D eigenvalue weighted by Crippen LogP contribution is 2.24. The number of benzene rings is 2. The van der Waals surface area contributed by atoms with Crippen LogP contribution in [0.15, 0.2) is 46.9 Å². The molecule has 0 aromatic heterocycles. The van der Waals surface area contributed by atoms with Gasteiger partial charge in [0, 0.05) is 21.5 Å². The highest BCUT2D eigenvalue weighted by atomic mass is 79.9. The second-order valence-corrected chi connectivity index (χ2v) is 4.41. The molecule has 2 rings (SSSR count). The van der Waals surface area contributed by atoms with Gasteiger partial charge < -0.3 is 11.1 Å². The zero-order valence-electron chi connectivity index (χ0n) is 8.94. The van der Waals surface area contributed by atoms with Gasteiger partial charge in [0.2, 0.25) is 0 Å². The number of nitrogens with zero attached hydrogens (tertiary/aromatic N) is 1. The van der Waals surface area contributed by atoms with E-state index in [9.17, 15) is 0 Å². The van der Waals surface area contributed by atoms with Crippen molar-refractivity contribution in [1.82, 2.24) is 0 Å². The molecule has 0 amide bonds. The smallest absolute Gasteiger partial charge is 0.100 e. The lowest BCUT2D eigenvalue weighted by atomic mass is 10.2. The topological polar surface area (TPSA) is 61.8 Å². The van der Waals surface area contributed by atoms with Gasteiger partial charge in [-0.25, -0.2) is 0 Å². The predicted molar refractivity (Wildman–Crippen MR) is 73.0 cm³/mol. The number of nitrogens with one attached hydrogen (secondary N) is 1. The van der Waals surface area contributed by atoms with Crippen LogP contribution in [-0.2, 0) is 0 Å². The molecule has 0 bridgehead atoms. The molecule has 0 fully saturated rings. The van der Waals surface area contributed by atoms with Crippen LogP contribution in [0.3, 0.4) is 0 Å². The van der Waals surface area contributed by atoms with Gasteiger partial charge in [0.1, 0.15) is 6.07 Å². The van der Waals surface area contributed by atoms with Gasteiger partial charge in [-0.2, -0.15) is 5.26 Å². The molecule has 4 heteroatoms. The molecular formula is C13H10BrN3. The normalized spacial score (nSPS) is 9.65. The average molecular weight is 288 g/mol. The number of anilines is 3.